The number of nitro benzene ring substituents is 1. The van der Waals surface area contributed by atoms with Crippen molar-refractivity contribution >= 4 is 34.9 Å². The zero-order chi connectivity index (χ0) is 19.3. The molecule has 0 aliphatic rings. The lowest BCUT2D eigenvalue weighted by Crippen LogP contribution is -2.24. The van der Waals surface area contributed by atoms with E-state index >= 15 is 0 Å². The maximum Gasteiger partial charge on any atom is 0.416 e. The van der Waals surface area contributed by atoms with Crippen molar-refractivity contribution in [3.05, 3.63) is 63.7 Å². The summed E-state index contributed by atoms with van der Waals surface area (Å²) < 4.78 is 37.9. The molecular formula is C15H10F3N4O3S-. The maximum absolute atomic E-state index is 12.6. The number of nitrogens with one attached hydrogen (secondary N) is 2. The molecule has 2 N–H and O–H groups in total. The SMILES string of the molecule is O=[N+]([O-])c1cc(/C=N\NC(=S)Nc2cccc(C(F)(F)F)c2)ccc1[O-]. The van der Waals surface area contributed by atoms with Gasteiger partial charge in [-0.1, -0.05) is 18.2 Å². The molecule has 0 unspecified atom stereocenters. The Kier molecular flexibility index (Phi) is 5.72. The Hall–Kier alpha value is -3.21. The third-order valence-electron chi connectivity index (χ3n) is 3.01. The summed E-state index contributed by atoms with van der Waals surface area (Å²) in [6.45, 7) is 0. The minimum absolute atomic E-state index is 0.0875. The number of anilines is 1. The Morgan fingerprint density at radius 2 is 1.96 bits per heavy atom. The predicted molar refractivity (Wildman–Crippen MR) is 90.9 cm³/mol. The van der Waals surface area contributed by atoms with Gasteiger partial charge in [-0.2, -0.15) is 18.3 Å². The lowest BCUT2D eigenvalue weighted by molar-refractivity contribution is -0.398. The van der Waals surface area contributed by atoms with Gasteiger partial charge < -0.3 is 10.4 Å². The van der Waals surface area contributed by atoms with Gasteiger partial charge in [0.25, 0.3) is 5.69 Å². The first-order valence-electron chi connectivity index (χ1n) is 6.89. The van der Waals surface area contributed by atoms with Gasteiger partial charge in [-0.05, 0) is 36.2 Å². The van der Waals surface area contributed by atoms with Gasteiger partial charge in [0.1, 0.15) is 0 Å². The Labute approximate surface area is 150 Å². The van der Waals surface area contributed by atoms with Crippen molar-refractivity contribution in [2.45, 2.75) is 6.18 Å². The predicted octanol–water partition coefficient (Wildman–Crippen LogP) is 3.01. The number of nitro groups is 1. The molecule has 0 heterocycles. The van der Waals surface area contributed by atoms with E-state index in [0.29, 0.717) is 0 Å². The van der Waals surface area contributed by atoms with E-state index in [2.05, 4.69) is 15.8 Å². The molecule has 0 spiro atoms. The number of thiocarbonyl (C=S) groups is 1. The molecule has 2 aromatic carbocycles. The molecule has 0 saturated carbocycles. The zero-order valence-corrected chi connectivity index (χ0v) is 13.6. The van der Waals surface area contributed by atoms with E-state index in [-0.39, 0.29) is 16.4 Å². The highest BCUT2D eigenvalue weighted by Gasteiger charge is 2.30. The molecule has 0 saturated heterocycles. The van der Waals surface area contributed by atoms with Crippen LogP contribution in [0.3, 0.4) is 0 Å². The molecule has 0 amide bonds. The molecule has 7 nitrogen and oxygen atoms in total. The summed E-state index contributed by atoms with van der Waals surface area (Å²) in [5.74, 6) is -0.734. The van der Waals surface area contributed by atoms with Crippen molar-refractivity contribution in [2.75, 3.05) is 5.32 Å². The van der Waals surface area contributed by atoms with Crippen molar-refractivity contribution in [3.8, 4) is 5.75 Å². The number of rotatable bonds is 4. The average Bonchev–Trinajstić information content (AvgIpc) is 2.55. The molecule has 0 aliphatic heterocycles. The molecule has 2 aromatic rings. The zero-order valence-electron chi connectivity index (χ0n) is 12.8. The minimum Gasteiger partial charge on any atom is -0.868 e. The van der Waals surface area contributed by atoms with Crippen molar-refractivity contribution < 1.29 is 23.2 Å². The van der Waals surface area contributed by atoms with Crippen LogP contribution in [0.5, 0.6) is 5.75 Å². The van der Waals surface area contributed by atoms with Gasteiger partial charge in [0.05, 0.1) is 16.7 Å². The first-order chi connectivity index (χ1) is 12.2. The van der Waals surface area contributed by atoms with E-state index in [9.17, 15) is 28.4 Å². The second-order valence-corrected chi connectivity index (χ2v) is 5.30. The molecular weight excluding hydrogens is 373 g/mol. The fourth-order valence-electron chi connectivity index (χ4n) is 1.86. The van der Waals surface area contributed by atoms with E-state index in [0.717, 1.165) is 24.3 Å². The number of hydrogen-bond acceptors (Lipinski definition) is 5. The number of hydrogen-bond donors (Lipinski definition) is 2. The van der Waals surface area contributed by atoms with Crippen molar-refractivity contribution in [3.63, 3.8) is 0 Å². The number of alkyl halides is 3. The first-order valence-corrected chi connectivity index (χ1v) is 7.30. The van der Waals surface area contributed by atoms with Crippen LogP contribution in [-0.2, 0) is 6.18 Å². The smallest absolute Gasteiger partial charge is 0.416 e. The van der Waals surface area contributed by atoms with Crippen molar-refractivity contribution in [1.29, 1.82) is 0 Å². The fourth-order valence-corrected chi connectivity index (χ4v) is 2.03. The molecule has 11 heteroatoms. The molecule has 0 bridgehead atoms. The Balaban J connectivity index is 2.00. The van der Waals surface area contributed by atoms with Crippen LogP contribution < -0.4 is 15.8 Å². The molecule has 0 aliphatic carbocycles. The highest BCUT2D eigenvalue weighted by molar-refractivity contribution is 7.80. The third kappa shape index (κ3) is 5.14. The fraction of sp³-hybridized carbons (Fsp3) is 0.0667. The molecule has 26 heavy (non-hydrogen) atoms. The van der Waals surface area contributed by atoms with Crippen molar-refractivity contribution in [2.24, 2.45) is 5.10 Å². The molecule has 0 radical (unpaired) electrons. The van der Waals surface area contributed by atoms with Crippen LogP contribution in [-0.4, -0.2) is 16.3 Å². The number of halogens is 3. The van der Waals surface area contributed by atoms with Crippen LogP contribution in [0.25, 0.3) is 0 Å². The van der Waals surface area contributed by atoms with Crippen LogP contribution in [0.15, 0.2) is 47.6 Å². The van der Waals surface area contributed by atoms with E-state index < -0.39 is 28.1 Å². The van der Waals surface area contributed by atoms with Crippen molar-refractivity contribution in [1.82, 2.24) is 5.43 Å². The highest BCUT2D eigenvalue weighted by atomic mass is 32.1. The van der Waals surface area contributed by atoms with Gasteiger partial charge in [-0.25, -0.2) is 0 Å². The summed E-state index contributed by atoms with van der Waals surface area (Å²) in [6, 6.07) is 7.81. The monoisotopic (exact) mass is 383 g/mol. The Morgan fingerprint density at radius 1 is 1.23 bits per heavy atom. The van der Waals surface area contributed by atoms with E-state index in [4.69, 9.17) is 12.2 Å². The Morgan fingerprint density at radius 3 is 2.62 bits per heavy atom. The minimum atomic E-state index is -4.48. The number of benzene rings is 2. The molecule has 0 aromatic heterocycles. The standard InChI is InChI=1S/C15H11F3N4O3S/c16-15(17,18)10-2-1-3-11(7-10)20-14(26)21-19-8-9-4-5-13(23)12(6-9)22(24)25/h1-8,23H,(H2,20,21,26)/p-1/b19-8-. The molecule has 2 rings (SSSR count). The third-order valence-corrected chi connectivity index (χ3v) is 3.20. The van der Waals surface area contributed by atoms with Crippen LogP contribution in [0.2, 0.25) is 0 Å². The van der Waals surface area contributed by atoms with E-state index in [1.54, 1.807) is 0 Å². The van der Waals surface area contributed by atoms with Gasteiger partial charge in [0.2, 0.25) is 0 Å². The van der Waals surface area contributed by atoms with Gasteiger partial charge in [-0.15, -0.1) is 0 Å². The lowest BCUT2D eigenvalue weighted by atomic mass is 10.2. The molecule has 0 atom stereocenters. The Bertz CT molecular complexity index is 871. The van der Waals surface area contributed by atoms with Gasteiger partial charge >= 0.3 is 6.18 Å². The number of nitrogens with zero attached hydrogens (tertiary/aromatic N) is 2. The second kappa shape index (κ2) is 7.78. The average molecular weight is 383 g/mol. The summed E-state index contributed by atoms with van der Waals surface area (Å²) in [6.07, 6.45) is -3.31. The van der Waals surface area contributed by atoms with Crippen LogP contribution in [0, 0.1) is 10.1 Å². The summed E-state index contributed by atoms with van der Waals surface area (Å²) >= 11 is 4.90. The topological polar surface area (TPSA) is 103 Å². The van der Waals surface area contributed by atoms with Gasteiger partial charge in [0, 0.05) is 17.3 Å². The van der Waals surface area contributed by atoms with Gasteiger partial charge in [0.15, 0.2) is 5.11 Å². The summed E-state index contributed by atoms with van der Waals surface area (Å²) in [7, 11) is 0. The summed E-state index contributed by atoms with van der Waals surface area (Å²) in [4.78, 5) is 9.88. The molecule has 0 fully saturated rings. The van der Waals surface area contributed by atoms with Gasteiger partial charge in [-0.3, -0.25) is 15.5 Å². The highest BCUT2D eigenvalue weighted by Crippen LogP contribution is 2.30. The van der Waals surface area contributed by atoms with E-state index in [1.807, 2.05) is 0 Å². The summed E-state index contributed by atoms with van der Waals surface area (Å²) in [5.41, 5.74) is 1.31. The normalized spacial score (nSPS) is 11.3. The first kappa shape index (κ1) is 19.1. The van der Waals surface area contributed by atoms with Crippen LogP contribution in [0.4, 0.5) is 24.5 Å². The van der Waals surface area contributed by atoms with E-state index in [1.165, 1.54) is 24.4 Å². The van der Waals surface area contributed by atoms with Crippen LogP contribution >= 0.6 is 12.2 Å². The largest absolute Gasteiger partial charge is 0.868 e. The quantitative estimate of drug-likeness (QED) is 0.364. The molecule has 136 valence electrons. The lowest BCUT2D eigenvalue weighted by Gasteiger charge is -2.10. The summed E-state index contributed by atoms with van der Waals surface area (Å²) in [5, 5.41) is 28.1. The number of hydrazone groups is 1. The maximum atomic E-state index is 12.6. The van der Waals surface area contributed by atoms with Crippen LogP contribution in [0.1, 0.15) is 11.1 Å². The second-order valence-electron chi connectivity index (χ2n) is 4.89.